The van der Waals surface area contributed by atoms with Gasteiger partial charge in [-0.15, -0.1) is 0 Å². The maximum absolute atomic E-state index is 12.4. The van der Waals surface area contributed by atoms with E-state index in [1.807, 2.05) is 0 Å². The highest BCUT2D eigenvalue weighted by Gasteiger charge is 2.29. The van der Waals surface area contributed by atoms with Crippen molar-refractivity contribution in [3.63, 3.8) is 0 Å². The molecule has 1 aromatic carbocycles. The highest BCUT2D eigenvalue weighted by atomic mass is 19.4. The molecule has 0 aliphatic rings. The smallest absolute Gasteiger partial charge is 0.327 e. The molecular weight excluding hydrogens is 251 g/mol. The third-order valence-electron chi connectivity index (χ3n) is 3.37. The molecule has 1 rings (SSSR count). The lowest BCUT2D eigenvalue weighted by molar-refractivity contribution is -0.137. The molecule has 0 heterocycles. The summed E-state index contributed by atoms with van der Waals surface area (Å²) >= 11 is 0. The lowest BCUT2D eigenvalue weighted by Crippen LogP contribution is -2.34. The van der Waals surface area contributed by atoms with Gasteiger partial charge in [-0.05, 0) is 42.4 Å². The zero-order valence-electron chi connectivity index (χ0n) is 11.7. The summed E-state index contributed by atoms with van der Waals surface area (Å²) < 4.78 is 37.2. The van der Waals surface area contributed by atoms with Crippen LogP contribution in [0.5, 0.6) is 0 Å². The maximum Gasteiger partial charge on any atom is 0.416 e. The van der Waals surface area contributed by atoms with E-state index in [9.17, 15) is 13.2 Å². The van der Waals surface area contributed by atoms with E-state index in [0.29, 0.717) is 0 Å². The molecule has 1 aromatic rings. The van der Waals surface area contributed by atoms with E-state index in [1.165, 1.54) is 0 Å². The summed E-state index contributed by atoms with van der Waals surface area (Å²) in [6.07, 6.45) is -1.72. The second-order valence-electron chi connectivity index (χ2n) is 6.06. The molecule has 19 heavy (non-hydrogen) atoms. The largest absolute Gasteiger partial charge is 0.416 e. The van der Waals surface area contributed by atoms with Crippen molar-refractivity contribution < 1.29 is 13.2 Å². The normalized spacial score (nSPS) is 14.5. The van der Waals surface area contributed by atoms with Gasteiger partial charge in [0.15, 0.2) is 0 Å². The molecule has 0 aliphatic heterocycles. The van der Waals surface area contributed by atoms with Gasteiger partial charge in [-0.1, -0.05) is 32.9 Å². The molecule has 0 amide bonds. The quantitative estimate of drug-likeness (QED) is 0.864. The number of hydrogen-bond acceptors (Lipinski definition) is 1. The standard InChI is InChI=1S/C15H22F3N/c1-14(2,3)13(19)6-4-5-11-7-9-12(10-8-11)15(16,17)18/h7-10,13H,4-6,19H2,1-3H3. The number of halogens is 3. The maximum atomic E-state index is 12.4. The fraction of sp³-hybridized carbons (Fsp3) is 0.600. The first-order chi connectivity index (χ1) is 8.60. The van der Waals surface area contributed by atoms with Gasteiger partial charge in [-0.3, -0.25) is 0 Å². The van der Waals surface area contributed by atoms with Crippen molar-refractivity contribution in [3.8, 4) is 0 Å². The molecule has 0 saturated heterocycles. The Morgan fingerprint density at radius 2 is 1.58 bits per heavy atom. The number of alkyl halides is 3. The van der Waals surface area contributed by atoms with Gasteiger partial charge in [0.2, 0.25) is 0 Å². The van der Waals surface area contributed by atoms with Crippen molar-refractivity contribution in [1.29, 1.82) is 0 Å². The minimum atomic E-state index is -4.26. The van der Waals surface area contributed by atoms with Crippen LogP contribution in [0.3, 0.4) is 0 Å². The minimum Gasteiger partial charge on any atom is -0.327 e. The third-order valence-corrected chi connectivity index (χ3v) is 3.37. The van der Waals surface area contributed by atoms with Crippen LogP contribution in [0.4, 0.5) is 13.2 Å². The molecule has 0 bridgehead atoms. The molecule has 1 nitrogen and oxygen atoms in total. The molecule has 2 N–H and O–H groups in total. The van der Waals surface area contributed by atoms with Crippen molar-refractivity contribution in [1.82, 2.24) is 0 Å². The second kappa shape index (κ2) is 5.95. The number of aryl methyl sites for hydroxylation is 1. The van der Waals surface area contributed by atoms with Crippen molar-refractivity contribution in [3.05, 3.63) is 35.4 Å². The van der Waals surface area contributed by atoms with E-state index in [2.05, 4.69) is 20.8 Å². The fourth-order valence-corrected chi connectivity index (χ4v) is 1.82. The van der Waals surface area contributed by atoms with Gasteiger partial charge in [-0.2, -0.15) is 13.2 Å². The van der Waals surface area contributed by atoms with E-state index in [4.69, 9.17) is 5.73 Å². The van der Waals surface area contributed by atoms with Crippen LogP contribution in [0.2, 0.25) is 0 Å². The van der Waals surface area contributed by atoms with Crippen LogP contribution in [0.15, 0.2) is 24.3 Å². The summed E-state index contributed by atoms with van der Waals surface area (Å²) in [5.74, 6) is 0. The molecule has 0 aliphatic carbocycles. The van der Waals surface area contributed by atoms with E-state index in [1.54, 1.807) is 12.1 Å². The first-order valence-electron chi connectivity index (χ1n) is 6.52. The SMILES string of the molecule is CC(C)(C)C(N)CCCc1ccc(C(F)(F)F)cc1. The van der Waals surface area contributed by atoms with Crippen molar-refractivity contribution >= 4 is 0 Å². The molecular formula is C15H22F3N. The molecule has 0 radical (unpaired) electrons. The molecule has 108 valence electrons. The Hall–Kier alpha value is -1.03. The van der Waals surface area contributed by atoms with Gasteiger partial charge in [0.1, 0.15) is 0 Å². The summed E-state index contributed by atoms with van der Waals surface area (Å²) in [5.41, 5.74) is 6.45. The van der Waals surface area contributed by atoms with Gasteiger partial charge >= 0.3 is 6.18 Å². The van der Waals surface area contributed by atoms with E-state index < -0.39 is 11.7 Å². The average Bonchev–Trinajstić information content (AvgIpc) is 2.27. The summed E-state index contributed by atoms with van der Waals surface area (Å²) in [6.45, 7) is 6.28. The van der Waals surface area contributed by atoms with Crippen molar-refractivity contribution in [2.45, 2.75) is 52.3 Å². The molecule has 0 spiro atoms. The molecule has 0 saturated carbocycles. The van der Waals surface area contributed by atoms with Crippen molar-refractivity contribution in [2.24, 2.45) is 11.1 Å². The lowest BCUT2D eigenvalue weighted by atomic mass is 9.84. The molecule has 0 aromatic heterocycles. The van der Waals surface area contributed by atoms with E-state index in [-0.39, 0.29) is 11.5 Å². The summed E-state index contributed by atoms with van der Waals surface area (Å²) in [7, 11) is 0. The summed E-state index contributed by atoms with van der Waals surface area (Å²) in [5, 5.41) is 0. The van der Waals surface area contributed by atoms with Crippen LogP contribution in [0.1, 0.15) is 44.7 Å². The van der Waals surface area contributed by atoms with Crippen LogP contribution >= 0.6 is 0 Å². The van der Waals surface area contributed by atoms with Gasteiger partial charge < -0.3 is 5.73 Å². The lowest BCUT2D eigenvalue weighted by Gasteiger charge is -2.26. The first kappa shape index (κ1) is 16.0. The Bertz CT molecular complexity index is 387. The molecule has 1 atom stereocenters. The molecule has 1 unspecified atom stereocenters. The Labute approximate surface area is 113 Å². The number of hydrogen-bond donors (Lipinski definition) is 1. The number of nitrogens with two attached hydrogens (primary N) is 1. The van der Waals surface area contributed by atoms with Gasteiger partial charge in [0.25, 0.3) is 0 Å². The van der Waals surface area contributed by atoms with Crippen LogP contribution in [0.25, 0.3) is 0 Å². The van der Waals surface area contributed by atoms with Crippen LogP contribution in [-0.4, -0.2) is 6.04 Å². The highest BCUT2D eigenvalue weighted by molar-refractivity contribution is 5.24. The third kappa shape index (κ3) is 5.23. The van der Waals surface area contributed by atoms with Gasteiger partial charge in [0, 0.05) is 6.04 Å². The Kier molecular flexibility index (Phi) is 5.02. The van der Waals surface area contributed by atoms with Crippen molar-refractivity contribution in [2.75, 3.05) is 0 Å². The summed E-state index contributed by atoms with van der Waals surface area (Å²) in [6, 6.07) is 5.48. The van der Waals surface area contributed by atoms with Crippen LogP contribution in [0, 0.1) is 5.41 Å². The summed E-state index contributed by atoms with van der Waals surface area (Å²) in [4.78, 5) is 0. The zero-order chi connectivity index (χ0) is 14.7. The van der Waals surface area contributed by atoms with E-state index >= 15 is 0 Å². The zero-order valence-corrected chi connectivity index (χ0v) is 11.7. The monoisotopic (exact) mass is 273 g/mol. The Balaban J connectivity index is 2.47. The van der Waals surface area contributed by atoms with Gasteiger partial charge in [0.05, 0.1) is 5.56 Å². The Morgan fingerprint density at radius 1 is 1.05 bits per heavy atom. The minimum absolute atomic E-state index is 0.0696. The topological polar surface area (TPSA) is 26.0 Å². The number of benzene rings is 1. The van der Waals surface area contributed by atoms with E-state index in [0.717, 1.165) is 37.0 Å². The average molecular weight is 273 g/mol. The Morgan fingerprint density at radius 3 is 2.00 bits per heavy atom. The van der Waals surface area contributed by atoms with Crippen LogP contribution < -0.4 is 5.73 Å². The molecule has 4 heteroatoms. The predicted molar refractivity (Wildman–Crippen MR) is 71.8 cm³/mol. The second-order valence-corrected chi connectivity index (χ2v) is 6.06. The van der Waals surface area contributed by atoms with Gasteiger partial charge in [-0.25, -0.2) is 0 Å². The fourth-order valence-electron chi connectivity index (χ4n) is 1.82. The first-order valence-corrected chi connectivity index (χ1v) is 6.52. The number of rotatable bonds is 4. The molecule has 0 fully saturated rings. The predicted octanol–water partition coefficient (Wildman–Crippen LogP) is 4.40. The van der Waals surface area contributed by atoms with Crippen LogP contribution in [-0.2, 0) is 12.6 Å². The highest BCUT2D eigenvalue weighted by Crippen LogP contribution is 2.29.